The Hall–Kier alpha value is -0.960. The van der Waals surface area contributed by atoms with Crippen LogP contribution in [-0.2, 0) is 0 Å². The van der Waals surface area contributed by atoms with Crippen LogP contribution in [0.25, 0.3) is 0 Å². The molecule has 0 fully saturated rings. The van der Waals surface area contributed by atoms with Crippen molar-refractivity contribution < 1.29 is 4.74 Å². The quantitative estimate of drug-likeness (QED) is 0.409. The number of hydrogen-bond donors (Lipinski definition) is 0. The van der Waals surface area contributed by atoms with Gasteiger partial charge in [-0.1, -0.05) is 13.3 Å². The molecule has 0 aliphatic rings. The van der Waals surface area contributed by atoms with Crippen LogP contribution >= 0.6 is 11.9 Å². The standard InChI is InChI=1S/C16H25NOS/c1-6-7-12-18-15-10-8-14(9-11-15)13(2)17-19-16(3,4)5/h8-11H,6-7,12H2,1-5H3. The molecule has 106 valence electrons. The molecule has 0 N–H and O–H groups in total. The van der Waals surface area contributed by atoms with E-state index in [1.165, 1.54) is 0 Å². The minimum absolute atomic E-state index is 0.157. The zero-order valence-corrected chi connectivity index (χ0v) is 13.5. The molecule has 0 bridgehead atoms. The van der Waals surface area contributed by atoms with Crippen LogP contribution in [0, 0.1) is 0 Å². The third-order valence-electron chi connectivity index (χ3n) is 2.50. The highest BCUT2D eigenvalue weighted by Crippen LogP contribution is 2.25. The summed E-state index contributed by atoms with van der Waals surface area (Å²) in [5.41, 5.74) is 2.21. The summed E-state index contributed by atoms with van der Waals surface area (Å²) in [4.78, 5) is 0. The normalized spacial score (nSPS) is 12.6. The fraction of sp³-hybridized carbons (Fsp3) is 0.562. The maximum Gasteiger partial charge on any atom is 0.119 e. The molecule has 0 aromatic heterocycles. The molecule has 0 aliphatic heterocycles. The number of rotatable bonds is 6. The van der Waals surface area contributed by atoms with Crippen molar-refractivity contribution in [3.63, 3.8) is 0 Å². The molecule has 2 nitrogen and oxygen atoms in total. The van der Waals surface area contributed by atoms with E-state index in [9.17, 15) is 0 Å². The van der Waals surface area contributed by atoms with Crippen molar-refractivity contribution in [3.05, 3.63) is 29.8 Å². The molecule has 0 saturated heterocycles. The summed E-state index contributed by atoms with van der Waals surface area (Å²) in [5.74, 6) is 0.938. The van der Waals surface area contributed by atoms with Crippen molar-refractivity contribution >= 4 is 17.7 Å². The largest absolute Gasteiger partial charge is 0.494 e. The Kier molecular flexibility index (Phi) is 6.43. The number of hydrogen-bond acceptors (Lipinski definition) is 3. The topological polar surface area (TPSA) is 21.6 Å². The van der Waals surface area contributed by atoms with Crippen LogP contribution in [-0.4, -0.2) is 17.1 Å². The van der Waals surface area contributed by atoms with E-state index in [0.717, 1.165) is 36.5 Å². The minimum Gasteiger partial charge on any atom is -0.494 e. The van der Waals surface area contributed by atoms with Crippen LogP contribution in [0.4, 0.5) is 0 Å². The van der Waals surface area contributed by atoms with Crippen LogP contribution in [0.5, 0.6) is 5.75 Å². The summed E-state index contributed by atoms with van der Waals surface area (Å²) in [7, 11) is 0. The molecule has 0 amide bonds. The average Bonchev–Trinajstić information content (AvgIpc) is 2.36. The highest BCUT2D eigenvalue weighted by Gasteiger charge is 2.10. The third kappa shape index (κ3) is 6.67. The summed E-state index contributed by atoms with van der Waals surface area (Å²) in [6, 6.07) is 8.18. The first-order chi connectivity index (χ1) is 8.92. The van der Waals surface area contributed by atoms with Gasteiger partial charge >= 0.3 is 0 Å². The van der Waals surface area contributed by atoms with E-state index in [1.54, 1.807) is 11.9 Å². The van der Waals surface area contributed by atoms with Crippen molar-refractivity contribution in [2.75, 3.05) is 6.61 Å². The van der Waals surface area contributed by atoms with E-state index >= 15 is 0 Å². The van der Waals surface area contributed by atoms with Gasteiger partial charge in [0.15, 0.2) is 0 Å². The first-order valence-electron chi connectivity index (χ1n) is 6.88. The fourth-order valence-electron chi connectivity index (χ4n) is 1.38. The van der Waals surface area contributed by atoms with Gasteiger partial charge in [-0.2, -0.15) is 0 Å². The predicted molar refractivity (Wildman–Crippen MR) is 86.4 cm³/mol. The second-order valence-electron chi connectivity index (χ2n) is 5.61. The van der Waals surface area contributed by atoms with Crippen molar-refractivity contribution in [3.8, 4) is 5.75 Å². The van der Waals surface area contributed by atoms with Gasteiger partial charge in [0, 0.05) is 4.75 Å². The molecule has 1 aromatic rings. The molecule has 19 heavy (non-hydrogen) atoms. The second-order valence-corrected chi connectivity index (χ2v) is 7.20. The zero-order valence-electron chi connectivity index (χ0n) is 12.7. The highest BCUT2D eigenvalue weighted by molar-refractivity contribution is 7.99. The second kappa shape index (κ2) is 7.59. The number of unbranched alkanes of at least 4 members (excludes halogenated alkanes) is 1. The Labute approximate surface area is 121 Å². The Bertz CT molecular complexity index is 404. The van der Waals surface area contributed by atoms with Gasteiger partial charge in [-0.3, -0.25) is 0 Å². The molecule has 3 heteroatoms. The first-order valence-corrected chi connectivity index (χ1v) is 7.65. The summed E-state index contributed by atoms with van der Waals surface area (Å²) in [6.07, 6.45) is 2.26. The average molecular weight is 279 g/mol. The highest BCUT2D eigenvalue weighted by atomic mass is 32.2. The number of nitrogens with zero attached hydrogens (tertiary/aromatic N) is 1. The monoisotopic (exact) mass is 279 g/mol. The van der Waals surface area contributed by atoms with Crippen LogP contribution < -0.4 is 4.74 Å². The van der Waals surface area contributed by atoms with Crippen LogP contribution in [0.1, 0.15) is 53.0 Å². The van der Waals surface area contributed by atoms with Crippen LogP contribution in [0.15, 0.2) is 28.7 Å². The predicted octanol–water partition coefficient (Wildman–Crippen LogP) is 5.12. The molecule has 0 spiro atoms. The molecular weight excluding hydrogens is 254 g/mol. The smallest absolute Gasteiger partial charge is 0.119 e. The maximum absolute atomic E-state index is 5.65. The molecule has 0 radical (unpaired) electrons. The SMILES string of the molecule is CCCCOc1ccc(C(C)=NSC(C)(C)C)cc1. The van der Waals surface area contributed by atoms with Gasteiger partial charge in [-0.05, 0) is 75.9 Å². The fourth-order valence-corrected chi connectivity index (χ4v) is 1.90. The van der Waals surface area contributed by atoms with Gasteiger partial charge in [0.05, 0.1) is 12.3 Å². The van der Waals surface area contributed by atoms with Gasteiger partial charge in [0.2, 0.25) is 0 Å². The minimum atomic E-state index is 0.157. The molecule has 1 aromatic carbocycles. The molecule has 0 saturated carbocycles. The van der Waals surface area contributed by atoms with E-state index < -0.39 is 0 Å². The van der Waals surface area contributed by atoms with Crippen molar-refractivity contribution in [1.29, 1.82) is 0 Å². The van der Waals surface area contributed by atoms with Gasteiger partial charge < -0.3 is 4.74 Å². The Balaban J connectivity index is 2.60. The van der Waals surface area contributed by atoms with E-state index in [0.29, 0.717) is 0 Å². The van der Waals surface area contributed by atoms with Gasteiger partial charge in [0.1, 0.15) is 5.75 Å². The van der Waals surface area contributed by atoms with E-state index in [2.05, 4.69) is 44.2 Å². The van der Waals surface area contributed by atoms with Crippen LogP contribution in [0.2, 0.25) is 0 Å². The lowest BCUT2D eigenvalue weighted by Crippen LogP contribution is -2.06. The lowest BCUT2D eigenvalue weighted by atomic mass is 10.1. The van der Waals surface area contributed by atoms with Gasteiger partial charge in [0.25, 0.3) is 0 Å². The van der Waals surface area contributed by atoms with Gasteiger partial charge in [-0.15, -0.1) is 0 Å². The Morgan fingerprint density at radius 3 is 2.37 bits per heavy atom. The molecule has 0 aliphatic carbocycles. The molecule has 0 unspecified atom stereocenters. The number of benzene rings is 1. The molecule has 0 atom stereocenters. The van der Waals surface area contributed by atoms with Gasteiger partial charge in [-0.25, -0.2) is 4.40 Å². The van der Waals surface area contributed by atoms with Crippen LogP contribution in [0.3, 0.4) is 0 Å². The van der Waals surface area contributed by atoms with Crippen molar-refractivity contribution in [1.82, 2.24) is 0 Å². The summed E-state index contributed by atoms with van der Waals surface area (Å²) in [5, 5.41) is 0. The lowest BCUT2D eigenvalue weighted by Gasteiger charge is -2.13. The van der Waals surface area contributed by atoms with Crippen molar-refractivity contribution in [2.24, 2.45) is 4.40 Å². The van der Waals surface area contributed by atoms with Crippen molar-refractivity contribution in [2.45, 2.75) is 52.2 Å². The maximum atomic E-state index is 5.65. The first kappa shape index (κ1) is 16.1. The lowest BCUT2D eigenvalue weighted by molar-refractivity contribution is 0.309. The van der Waals surface area contributed by atoms with E-state index in [4.69, 9.17) is 4.74 Å². The molecular formula is C16H25NOS. The Morgan fingerprint density at radius 2 is 1.84 bits per heavy atom. The summed E-state index contributed by atoms with van der Waals surface area (Å²) < 4.78 is 10.4. The number of ether oxygens (including phenoxy) is 1. The zero-order chi connectivity index (χ0) is 14.3. The molecule has 0 heterocycles. The van der Waals surface area contributed by atoms with E-state index in [1.807, 2.05) is 19.1 Å². The molecule has 1 rings (SSSR count). The summed E-state index contributed by atoms with van der Waals surface area (Å²) in [6.45, 7) is 11.5. The Morgan fingerprint density at radius 1 is 1.21 bits per heavy atom. The summed E-state index contributed by atoms with van der Waals surface area (Å²) >= 11 is 1.61. The third-order valence-corrected chi connectivity index (χ3v) is 3.41. The van der Waals surface area contributed by atoms with E-state index in [-0.39, 0.29) is 4.75 Å².